The molecule has 1 aliphatic rings. The second kappa shape index (κ2) is 8.95. The van der Waals surface area contributed by atoms with Gasteiger partial charge in [-0.05, 0) is 33.1 Å². The molecule has 0 aromatic heterocycles. The topological polar surface area (TPSA) is 61.4 Å². The number of unbranched alkanes of at least 4 members (excludes halogenated alkanes) is 2. The number of hydrogen-bond donors (Lipinski definition) is 2. The zero-order valence-electron chi connectivity index (χ0n) is 13.1. The van der Waals surface area contributed by atoms with Crippen molar-refractivity contribution < 1.29 is 9.59 Å². The zero-order valence-corrected chi connectivity index (χ0v) is 13.1. The highest BCUT2D eigenvalue weighted by Crippen LogP contribution is 2.09. The Balaban J connectivity index is 2.27. The summed E-state index contributed by atoms with van der Waals surface area (Å²) in [5.41, 5.74) is 0. The number of amides is 2. The molecular formula is C15H29N3O2. The average molecular weight is 283 g/mol. The summed E-state index contributed by atoms with van der Waals surface area (Å²) in [5, 5.41) is 6.00. The van der Waals surface area contributed by atoms with E-state index in [1.807, 2.05) is 18.7 Å². The number of nitrogens with one attached hydrogen (secondary N) is 2. The molecule has 1 heterocycles. The van der Waals surface area contributed by atoms with E-state index in [2.05, 4.69) is 17.6 Å². The lowest BCUT2D eigenvalue weighted by molar-refractivity contribution is -0.132. The average Bonchev–Trinajstić information content (AvgIpc) is 2.96. The summed E-state index contributed by atoms with van der Waals surface area (Å²) >= 11 is 0. The fraction of sp³-hybridized carbons (Fsp3) is 0.867. The van der Waals surface area contributed by atoms with Gasteiger partial charge in [-0.15, -0.1) is 0 Å². The summed E-state index contributed by atoms with van der Waals surface area (Å²) in [5.74, 6) is 0.0790. The molecule has 2 atom stereocenters. The van der Waals surface area contributed by atoms with Gasteiger partial charge in [0.25, 0.3) is 0 Å². The van der Waals surface area contributed by atoms with E-state index in [9.17, 15) is 9.59 Å². The molecule has 2 unspecified atom stereocenters. The second-order valence-corrected chi connectivity index (χ2v) is 5.64. The lowest BCUT2D eigenvalue weighted by Crippen LogP contribution is -2.51. The molecule has 0 bridgehead atoms. The van der Waals surface area contributed by atoms with Gasteiger partial charge in [-0.1, -0.05) is 19.8 Å². The van der Waals surface area contributed by atoms with Crippen LogP contribution in [-0.4, -0.2) is 48.4 Å². The van der Waals surface area contributed by atoms with Gasteiger partial charge in [-0.2, -0.15) is 0 Å². The highest BCUT2D eigenvalue weighted by molar-refractivity contribution is 5.85. The van der Waals surface area contributed by atoms with E-state index in [4.69, 9.17) is 0 Å². The van der Waals surface area contributed by atoms with Crippen molar-refractivity contribution in [3.63, 3.8) is 0 Å². The van der Waals surface area contributed by atoms with Gasteiger partial charge in [0, 0.05) is 19.6 Å². The Morgan fingerprint density at radius 1 is 1.10 bits per heavy atom. The lowest BCUT2D eigenvalue weighted by atomic mass is 10.2. The van der Waals surface area contributed by atoms with Crippen LogP contribution in [0, 0.1) is 0 Å². The lowest BCUT2D eigenvalue weighted by Gasteiger charge is -2.23. The molecule has 0 saturated carbocycles. The number of hydrogen-bond acceptors (Lipinski definition) is 3. The van der Waals surface area contributed by atoms with E-state index in [0.717, 1.165) is 45.2 Å². The van der Waals surface area contributed by atoms with Crippen LogP contribution in [0.4, 0.5) is 0 Å². The van der Waals surface area contributed by atoms with Crippen molar-refractivity contribution in [1.82, 2.24) is 15.5 Å². The van der Waals surface area contributed by atoms with Gasteiger partial charge in [-0.25, -0.2) is 0 Å². The van der Waals surface area contributed by atoms with E-state index < -0.39 is 0 Å². The number of carbonyl (C=O) groups is 2. The highest BCUT2D eigenvalue weighted by Gasteiger charge is 2.25. The van der Waals surface area contributed by atoms with Gasteiger partial charge in [0.15, 0.2) is 0 Å². The van der Waals surface area contributed by atoms with Crippen LogP contribution in [0.15, 0.2) is 0 Å². The minimum atomic E-state index is -0.335. The predicted molar refractivity (Wildman–Crippen MR) is 80.4 cm³/mol. The Morgan fingerprint density at radius 3 is 2.35 bits per heavy atom. The van der Waals surface area contributed by atoms with E-state index >= 15 is 0 Å². The normalized spacial score (nSPS) is 17.9. The number of carbonyl (C=O) groups excluding carboxylic acids is 2. The quantitative estimate of drug-likeness (QED) is 0.660. The van der Waals surface area contributed by atoms with Crippen LogP contribution in [-0.2, 0) is 9.59 Å². The van der Waals surface area contributed by atoms with Crippen LogP contribution in [0.2, 0.25) is 0 Å². The van der Waals surface area contributed by atoms with E-state index in [1.165, 1.54) is 0 Å². The molecule has 2 amide bonds. The van der Waals surface area contributed by atoms with Crippen LogP contribution >= 0.6 is 0 Å². The van der Waals surface area contributed by atoms with E-state index in [1.54, 1.807) is 0 Å². The zero-order chi connectivity index (χ0) is 15.0. The third kappa shape index (κ3) is 5.49. The smallest absolute Gasteiger partial charge is 0.239 e. The maximum absolute atomic E-state index is 12.1. The summed E-state index contributed by atoms with van der Waals surface area (Å²) in [6.45, 7) is 8.19. The molecule has 20 heavy (non-hydrogen) atoms. The minimum Gasteiger partial charge on any atom is -0.355 e. The summed E-state index contributed by atoms with van der Waals surface area (Å²) in [4.78, 5) is 25.9. The second-order valence-electron chi connectivity index (χ2n) is 5.64. The van der Waals surface area contributed by atoms with Crippen molar-refractivity contribution in [3.8, 4) is 0 Å². The first-order valence-electron chi connectivity index (χ1n) is 7.88. The van der Waals surface area contributed by atoms with Gasteiger partial charge in [0.1, 0.15) is 0 Å². The van der Waals surface area contributed by atoms with Gasteiger partial charge < -0.3 is 10.2 Å². The highest BCUT2D eigenvalue weighted by atomic mass is 16.2. The van der Waals surface area contributed by atoms with Crippen LogP contribution in [0.1, 0.15) is 52.9 Å². The van der Waals surface area contributed by atoms with Gasteiger partial charge in [-0.3, -0.25) is 14.9 Å². The molecule has 1 aliphatic heterocycles. The fourth-order valence-electron chi connectivity index (χ4n) is 2.47. The maximum Gasteiger partial charge on any atom is 0.239 e. The largest absolute Gasteiger partial charge is 0.355 e. The first kappa shape index (κ1) is 17.0. The molecule has 0 radical (unpaired) electrons. The summed E-state index contributed by atoms with van der Waals surface area (Å²) < 4.78 is 0. The Morgan fingerprint density at radius 2 is 1.75 bits per heavy atom. The standard InChI is InChI=1S/C15H29N3O2/c1-4-5-6-9-16-14(19)12(2)17-13(3)15(20)18-10-7-8-11-18/h12-13,17H,4-11H2,1-3H3,(H,16,19). The molecule has 5 heteroatoms. The monoisotopic (exact) mass is 283 g/mol. The SMILES string of the molecule is CCCCCNC(=O)C(C)NC(C)C(=O)N1CCCC1. The first-order valence-corrected chi connectivity index (χ1v) is 7.88. The van der Waals surface area contributed by atoms with Crippen LogP contribution in [0.5, 0.6) is 0 Å². The number of likely N-dealkylation sites (tertiary alicyclic amines) is 1. The molecule has 1 fully saturated rings. The van der Waals surface area contributed by atoms with Crippen molar-refractivity contribution in [2.75, 3.05) is 19.6 Å². The third-order valence-corrected chi connectivity index (χ3v) is 3.76. The molecule has 0 aliphatic carbocycles. The Hall–Kier alpha value is -1.10. The van der Waals surface area contributed by atoms with Gasteiger partial charge in [0.2, 0.25) is 11.8 Å². The van der Waals surface area contributed by atoms with Gasteiger partial charge >= 0.3 is 0 Å². The summed E-state index contributed by atoms with van der Waals surface area (Å²) in [6, 6.07) is -0.636. The van der Waals surface area contributed by atoms with Crippen LogP contribution < -0.4 is 10.6 Å². The molecule has 116 valence electrons. The molecule has 2 N–H and O–H groups in total. The maximum atomic E-state index is 12.1. The molecule has 0 aromatic carbocycles. The number of rotatable bonds is 8. The first-order chi connectivity index (χ1) is 9.56. The van der Waals surface area contributed by atoms with E-state index in [-0.39, 0.29) is 23.9 Å². The molecule has 5 nitrogen and oxygen atoms in total. The van der Waals surface area contributed by atoms with Crippen molar-refractivity contribution in [2.45, 2.75) is 65.0 Å². The fourth-order valence-corrected chi connectivity index (χ4v) is 2.47. The van der Waals surface area contributed by atoms with Crippen LogP contribution in [0.3, 0.4) is 0 Å². The Bertz CT molecular complexity index is 314. The van der Waals surface area contributed by atoms with Crippen molar-refractivity contribution in [1.29, 1.82) is 0 Å². The summed E-state index contributed by atoms with van der Waals surface area (Å²) in [6.07, 6.45) is 5.46. The molecule has 1 rings (SSSR count). The van der Waals surface area contributed by atoms with Crippen molar-refractivity contribution in [3.05, 3.63) is 0 Å². The van der Waals surface area contributed by atoms with Crippen molar-refractivity contribution in [2.24, 2.45) is 0 Å². The predicted octanol–water partition coefficient (Wildman–Crippen LogP) is 1.28. The molecular weight excluding hydrogens is 254 g/mol. The van der Waals surface area contributed by atoms with Crippen LogP contribution in [0.25, 0.3) is 0 Å². The summed E-state index contributed by atoms with van der Waals surface area (Å²) in [7, 11) is 0. The third-order valence-electron chi connectivity index (χ3n) is 3.76. The molecule has 0 aromatic rings. The Labute approximate surface area is 122 Å². The minimum absolute atomic E-state index is 0.0258. The molecule has 0 spiro atoms. The number of nitrogens with zero attached hydrogens (tertiary/aromatic N) is 1. The molecule has 1 saturated heterocycles. The van der Waals surface area contributed by atoms with E-state index in [0.29, 0.717) is 6.54 Å². The Kier molecular flexibility index (Phi) is 7.59. The van der Waals surface area contributed by atoms with Crippen molar-refractivity contribution >= 4 is 11.8 Å². The van der Waals surface area contributed by atoms with Gasteiger partial charge in [0.05, 0.1) is 12.1 Å².